The van der Waals surface area contributed by atoms with Crippen LogP contribution in [0.5, 0.6) is 0 Å². The summed E-state index contributed by atoms with van der Waals surface area (Å²) in [6, 6.07) is 4.98. The molecule has 20 heavy (non-hydrogen) atoms. The number of ketones is 1. The molecule has 1 N–H and O–H groups in total. The number of rotatable bonds is 5. The van der Waals surface area contributed by atoms with E-state index in [0.717, 1.165) is 11.5 Å². The highest BCUT2D eigenvalue weighted by atomic mass is 32.1. The van der Waals surface area contributed by atoms with E-state index in [0.29, 0.717) is 5.56 Å². The Labute approximate surface area is 119 Å². The van der Waals surface area contributed by atoms with Gasteiger partial charge in [-0.05, 0) is 42.7 Å². The first-order chi connectivity index (χ1) is 9.56. The largest absolute Gasteiger partial charge is 0.348 e. The van der Waals surface area contributed by atoms with Gasteiger partial charge in [0.05, 0.1) is 0 Å². The molecule has 0 unspecified atom stereocenters. The molecule has 1 heterocycles. The van der Waals surface area contributed by atoms with Crippen molar-refractivity contribution in [2.75, 3.05) is 0 Å². The van der Waals surface area contributed by atoms with Crippen molar-refractivity contribution < 1.29 is 14.0 Å². The third-order valence-electron chi connectivity index (χ3n) is 2.63. The SMILES string of the molecule is C[C@@H](CC(=O)c1ccc(F)cc1)NC(=O)c1csnn1. The molecule has 0 aliphatic rings. The van der Waals surface area contributed by atoms with Crippen LogP contribution >= 0.6 is 11.5 Å². The lowest BCUT2D eigenvalue weighted by Crippen LogP contribution is -2.34. The van der Waals surface area contributed by atoms with Crippen LogP contribution in [0.15, 0.2) is 29.6 Å². The minimum absolute atomic E-state index is 0.134. The van der Waals surface area contributed by atoms with Gasteiger partial charge in [0.1, 0.15) is 5.82 Å². The minimum Gasteiger partial charge on any atom is -0.348 e. The number of aromatic nitrogens is 2. The Hall–Kier alpha value is -2.15. The second-order valence-corrected chi connectivity index (χ2v) is 4.91. The number of hydrogen-bond acceptors (Lipinski definition) is 5. The third-order valence-corrected chi connectivity index (χ3v) is 3.13. The van der Waals surface area contributed by atoms with Gasteiger partial charge in [-0.15, -0.1) is 5.10 Å². The quantitative estimate of drug-likeness (QED) is 0.857. The number of halogens is 1. The normalized spacial score (nSPS) is 11.9. The number of Topliss-reactive ketones (excluding diaryl/α,β-unsaturated/α-hetero) is 1. The first-order valence-electron chi connectivity index (χ1n) is 5.93. The van der Waals surface area contributed by atoms with Crippen molar-refractivity contribution in [3.63, 3.8) is 0 Å². The van der Waals surface area contributed by atoms with Gasteiger partial charge in [0.2, 0.25) is 0 Å². The molecule has 1 atom stereocenters. The summed E-state index contributed by atoms with van der Waals surface area (Å²) in [6.45, 7) is 1.72. The standard InChI is InChI=1S/C13H12FN3O2S/c1-8(15-13(19)11-7-20-17-16-11)6-12(18)9-2-4-10(14)5-3-9/h2-5,7-8H,6H2,1H3,(H,15,19)/t8-/m0/s1. The summed E-state index contributed by atoms with van der Waals surface area (Å²) in [5.41, 5.74) is 0.652. The summed E-state index contributed by atoms with van der Waals surface area (Å²) in [4.78, 5) is 23.6. The number of hydrogen-bond donors (Lipinski definition) is 1. The highest BCUT2D eigenvalue weighted by molar-refractivity contribution is 7.03. The molecule has 2 aromatic rings. The minimum atomic E-state index is -0.390. The van der Waals surface area contributed by atoms with E-state index >= 15 is 0 Å². The zero-order chi connectivity index (χ0) is 14.5. The summed E-state index contributed by atoms with van der Waals surface area (Å²) in [5, 5.41) is 7.84. The van der Waals surface area contributed by atoms with Crippen LogP contribution in [0.1, 0.15) is 34.2 Å². The van der Waals surface area contributed by atoms with Gasteiger partial charge in [-0.25, -0.2) is 4.39 Å². The lowest BCUT2D eigenvalue weighted by atomic mass is 10.0. The predicted octanol–water partition coefficient (Wildman–Crippen LogP) is 2.07. The first kappa shape index (κ1) is 14.3. The monoisotopic (exact) mass is 293 g/mol. The van der Waals surface area contributed by atoms with Gasteiger partial charge in [0, 0.05) is 23.4 Å². The van der Waals surface area contributed by atoms with Crippen LogP contribution in [0.4, 0.5) is 4.39 Å². The fraction of sp³-hybridized carbons (Fsp3) is 0.231. The van der Waals surface area contributed by atoms with Crippen molar-refractivity contribution in [1.29, 1.82) is 0 Å². The molecule has 104 valence electrons. The molecule has 0 aliphatic heterocycles. The zero-order valence-electron chi connectivity index (χ0n) is 10.7. The van der Waals surface area contributed by atoms with E-state index in [1.165, 1.54) is 29.6 Å². The number of benzene rings is 1. The van der Waals surface area contributed by atoms with E-state index in [1.807, 2.05) is 0 Å². The smallest absolute Gasteiger partial charge is 0.272 e. The molecule has 0 bridgehead atoms. The van der Waals surface area contributed by atoms with Gasteiger partial charge >= 0.3 is 0 Å². The van der Waals surface area contributed by atoms with E-state index < -0.39 is 0 Å². The van der Waals surface area contributed by atoms with E-state index in [-0.39, 0.29) is 35.7 Å². The fourth-order valence-electron chi connectivity index (χ4n) is 1.64. The van der Waals surface area contributed by atoms with Crippen molar-refractivity contribution >= 4 is 23.2 Å². The van der Waals surface area contributed by atoms with Gasteiger partial charge in [0.25, 0.3) is 5.91 Å². The first-order valence-corrected chi connectivity index (χ1v) is 6.76. The Kier molecular flexibility index (Phi) is 4.52. The maximum Gasteiger partial charge on any atom is 0.272 e. The van der Waals surface area contributed by atoms with Crippen molar-refractivity contribution in [2.24, 2.45) is 0 Å². The highest BCUT2D eigenvalue weighted by Crippen LogP contribution is 2.08. The van der Waals surface area contributed by atoms with E-state index in [9.17, 15) is 14.0 Å². The number of carbonyl (C=O) groups is 2. The number of carbonyl (C=O) groups excluding carboxylic acids is 2. The van der Waals surface area contributed by atoms with Crippen molar-refractivity contribution in [2.45, 2.75) is 19.4 Å². The van der Waals surface area contributed by atoms with E-state index in [2.05, 4.69) is 14.9 Å². The third kappa shape index (κ3) is 3.67. The average molecular weight is 293 g/mol. The molecule has 1 aromatic heterocycles. The molecular formula is C13H12FN3O2S. The second kappa shape index (κ2) is 6.33. The van der Waals surface area contributed by atoms with Crippen LogP contribution in [0.3, 0.4) is 0 Å². The molecule has 2 rings (SSSR count). The average Bonchev–Trinajstić information content (AvgIpc) is 2.93. The molecule has 0 saturated carbocycles. The summed E-state index contributed by atoms with van der Waals surface area (Å²) in [5.74, 6) is -0.911. The van der Waals surface area contributed by atoms with Crippen LogP contribution < -0.4 is 5.32 Å². The van der Waals surface area contributed by atoms with Gasteiger partial charge in [0.15, 0.2) is 11.5 Å². The molecule has 0 fully saturated rings. The zero-order valence-corrected chi connectivity index (χ0v) is 11.5. The predicted molar refractivity (Wildman–Crippen MR) is 72.2 cm³/mol. The van der Waals surface area contributed by atoms with Crippen molar-refractivity contribution in [1.82, 2.24) is 14.9 Å². The summed E-state index contributed by atoms with van der Waals surface area (Å²) >= 11 is 1.08. The maximum absolute atomic E-state index is 12.8. The Balaban J connectivity index is 1.91. The molecule has 0 spiro atoms. The lowest BCUT2D eigenvalue weighted by Gasteiger charge is -2.12. The van der Waals surface area contributed by atoms with Crippen molar-refractivity contribution in [3.05, 3.63) is 46.7 Å². The van der Waals surface area contributed by atoms with Gasteiger partial charge in [-0.2, -0.15) is 0 Å². The molecular weight excluding hydrogens is 281 g/mol. The lowest BCUT2D eigenvalue weighted by molar-refractivity contribution is 0.0914. The Morgan fingerprint density at radius 2 is 2.05 bits per heavy atom. The Bertz CT molecular complexity index is 599. The molecule has 0 saturated heterocycles. The molecule has 7 heteroatoms. The van der Waals surface area contributed by atoms with Crippen LogP contribution in [0.25, 0.3) is 0 Å². The fourth-order valence-corrected chi connectivity index (χ4v) is 2.08. The van der Waals surface area contributed by atoms with Gasteiger partial charge in [-0.1, -0.05) is 4.49 Å². The summed E-state index contributed by atoms with van der Waals surface area (Å²) in [7, 11) is 0. The Morgan fingerprint density at radius 3 is 2.65 bits per heavy atom. The molecule has 5 nitrogen and oxygen atoms in total. The number of amides is 1. The second-order valence-electron chi connectivity index (χ2n) is 4.30. The van der Waals surface area contributed by atoms with Crippen LogP contribution in [0, 0.1) is 5.82 Å². The molecule has 1 aromatic carbocycles. The van der Waals surface area contributed by atoms with Crippen LogP contribution in [-0.2, 0) is 0 Å². The molecule has 1 amide bonds. The van der Waals surface area contributed by atoms with Gasteiger partial charge < -0.3 is 5.32 Å². The number of nitrogens with one attached hydrogen (secondary N) is 1. The number of nitrogens with zero attached hydrogens (tertiary/aromatic N) is 2. The topological polar surface area (TPSA) is 72.0 Å². The summed E-state index contributed by atoms with van der Waals surface area (Å²) in [6.07, 6.45) is 0.134. The van der Waals surface area contributed by atoms with Crippen LogP contribution in [-0.4, -0.2) is 27.3 Å². The maximum atomic E-state index is 12.8. The molecule has 0 radical (unpaired) electrons. The molecule has 0 aliphatic carbocycles. The summed E-state index contributed by atoms with van der Waals surface area (Å²) < 4.78 is 16.4. The van der Waals surface area contributed by atoms with E-state index in [4.69, 9.17) is 0 Å². The van der Waals surface area contributed by atoms with Crippen LogP contribution in [0.2, 0.25) is 0 Å². The van der Waals surface area contributed by atoms with E-state index in [1.54, 1.807) is 6.92 Å². The Morgan fingerprint density at radius 1 is 1.35 bits per heavy atom. The van der Waals surface area contributed by atoms with Gasteiger partial charge in [-0.3, -0.25) is 9.59 Å². The highest BCUT2D eigenvalue weighted by Gasteiger charge is 2.16. The van der Waals surface area contributed by atoms with Crippen molar-refractivity contribution in [3.8, 4) is 0 Å².